The lowest BCUT2D eigenvalue weighted by Gasteiger charge is -2.04. The zero-order valence-corrected chi connectivity index (χ0v) is 9.07. The standard InChI is InChI=1S/C12H15N3O/c13-7-12(16)14-6-5-11-10-4-2-1-3-9(10)8-15-11/h1-4H,5-8,13H2,(H,14,16). The van der Waals surface area contributed by atoms with E-state index in [9.17, 15) is 4.79 Å². The Labute approximate surface area is 94.6 Å². The minimum atomic E-state index is -0.119. The van der Waals surface area contributed by atoms with E-state index < -0.39 is 0 Å². The first-order valence-corrected chi connectivity index (χ1v) is 5.39. The van der Waals surface area contributed by atoms with Gasteiger partial charge in [0.1, 0.15) is 0 Å². The van der Waals surface area contributed by atoms with Gasteiger partial charge in [0.25, 0.3) is 0 Å². The van der Waals surface area contributed by atoms with Crippen molar-refractivity contribution in [1.82, 2.24) is 5.32 Å². The number of rotatable bonds is 4. The van der Waals surface area contributed by atoms with Gasteiger partial charge >= 0.3 is 0 Å². The van der Waals surface area contributed by atoms with Crippen molar-refractivity contribution in [2.45, 2.75) is 13.0 Å². The molecule has 1 amide bonds. The van der Waals surface area contributed by atoms with Crippen LogP contribution in [-0.4, -0.2) is 24.7 Å². The van der Waals surface area contributed by atoms with E-state index in [0.29, 0.717) is 6.54 Å². The smallest absolute Gasteiger partial charge is 0.233 e. The molecule has 0 radical (unpaired) electrons. The zero-order chi connectivity index (χ0) is 11.4. The summed E-state index contributed by atoms with van der Waals surface area (Å²) in [5, 5.41) is 2.75. The number of carbonyl (C=O) groups is 1. The molecule has 0 bridgehead atoms. The van der Waals surface area contributed by atoms with Gasteiger partial charge in [0, 0.05) is 24.2 Å². The van der Waals surface area contributed by atoms with Crippen molar-refractivity contribution in [2.24, 2.45) is 10.7 Å². The number of nitrogens with two attached hydrogens (primary N) is 1. The zero-order valence-electron chi connectivity index (χ0n) is 9.07. The molecule has 2 rings (SSSR count). The molecule has 3 N–H and O–H groups in total. The van der Waals surface area contributed by atoms with Gasteiger partial charge in [0.2, 0.25) is 5.91 Å². The Hall–Kier alpha value is -1.68. The van der Waals surface area contributed by atoms with Gasteiger partial charge < -0.3 is 11.1 Å². The number of hydrogen-bond donors (Lipinski definition) is 2. The molecule has 0 fully saturated rings. The van der Waals surface area contributed by atoms with Crippen LogP contribution in [0.1, 0.15) is 17.5 Å². The quantitative estimate of drug-likeness (QED) is 0.769. The Morgan fingerprint density at radius 3 is 3.06 bits per heavy atom. The maximum atomic E-state index is 11.0. The van der Waals surface area contributed by atoms with Crippen LogP contribution in [-0.2, 0) is 11.3 Å². The molecule has 1 aliphatic heterocycles. The minimum Gasteiger partial charge on any atom is -0.355 e. The normalized spacial score (nSPS) is 13.2. The highest BCUT2D eigenvalue weighted by molar-refractivity contribution is 6.03. The third kappa shape index (κ3) is 2.28. The molecule has 1 heterocycles. The van der Waals surface area contributed by atoms with Gasteiger partial charge in [-0.2, -0.15) is 0 Å². The average Bonchev–Trinajstić information content (AvgIpc) is 2.73. The highest BCUT2D eigenvalue weighted by atomic mass is 16.1. The van der Waals surface area contributed by atoms with Crippen LogP contribution >= 0.6 is 0 Å². The first-order chi connectivity index (χ1) is 7.81. The number of nitrogens with zero attached hydrogens (tertiary/aromatic N) is 1. The van der Waals surface area contributed by atoms with Crippen LogP contribution < -0.4 is 11.1 Å². The minimum absolute atomic E-state index is 0.0447. The molecule has 0 spiro atoms. The van der Waals surface area contributed by atoms with Crippen molar-refractivity contribution in [1.29, 1.82) is 0 Å². The van der Waals surface area contributed by atoms with Gasteiger partial charge in [0.15, 0.2) is 0 Å². The SMILES string of the molecule is NCC(=O)NCCC1=NCc2ccccc21. The summed E-state index contributed by atoms with van der Waals surface area (Å²) in [6.45, 7) is 1.41. The topological polar surface area (TPSA) is 67.5 Å². The predicted octanol–water partition coefficient (Wildman–Crippen LogP) is 0.454. The number of hydrogen-bond acceptors (Lipinski definition) is 3. The van der Waals surface area contributed by atoms with Crippen LogP contribution in [0.5, 0.6) is 0 Å². The fraction of sp³-hybridized carbons (Fsp3) is 0.333. The number of carbonyl (C=O) groups excluding carboxylic acids is 1. The van der Waals surface area contributed by atoms with Crippen molar-refractivity contribution in [3.05, 3.63) is 35.4 Å². The molecule has 16 heavy (non-hydrogen) atoms. The third-order valence-electron chi connectivity index (χ3n) is 2.64. The lowest BCUT2D eigenvalue weighted by Crippen LogP contribution is -2.31. The van der Waals surface area contributed by atoms with Crippen molar-refractivity contribution >= 4 is 11.6 Å². The monoisotopic (exact) mass is 217 g/mol. The molecule has 0 aliphatic carbocycles. The van der Waals surface area contributed by atoms with E-state index in [-0.39, 0.29) is 12.5 Å². The highest BCUT2D eigenvalue weighted by Crippen LogP contribution is 2.19. The summed E-state index contributed by atoms with van der Waals surface area (Å²) < 4.78 is 0. The van der Waals surface area contributed by atoms with Crippen molar-refractivity contribution in [2.75, 3.05) is 13.1 Å². The van der Waals surface area contributed by atoms with E-state index in [1.54, 1.807) is 0 Å². The van der Waals surface area contributed by atoms with E-state index in [1.165, 1.54) is 11.1 Å². The Morgan fingerprint density at radius 2 is 2.25 bits per heavy atom. The molecule has 0 saturated heterocycles. The number of nitrogens with one attached hydrogen (secondary N) is 1. The number of aliphatic imine (C=N–C) groups is 1. The van der Waals surface area contributed by atoms with Crippen LogP contribution in [0.15, 0.2) is 29.3 Å². The first kappa shape index (κ1) is 10.8. The summed E-state index contributed by atoms with van der Waals surface area (Å²) in [4.78, 5) is 15.4. The molecule has 1 aromatic rings. The summed E-state index contributed by atoms with van der Waals surface area (Å²) in [5.41, 5.74) is 8.76. The van der Waals surface area contributed by atoms with Crippen LogP contribution in [0.2, 0.25) is 0 Å². The van der Waals surface area contributed by atoms with Crippen LogP contribution in [0.4, 0.5) is 0 Å². The maximum Gasteiger partial charge on any atom is 0.233 e. The van der Waals surface area contributed by atoms with Gasteiger partial charge in [-0.15, -0.1) is 0 Å². The fourth-order valence-corrected chi connectivity index (χ4v) is 1.81. The van der Waals surface area contributed by atoms with Gasteiger partial charge in [-0.3, -0.25) is 9.79 Å². The number of amides is 1. The van der Waals surface area contributed by atoms with Gasteiger partial charge in [0.05, 0.1) is 13.1 Å². The summed E-state index contributed by atoms with van der Waals surface area (Å²) in [6.07, 6.45) is 0.767. The van der Waals surface area contributed by atoms with Crippen molar-refractivity contribution in [3.63, 3.8) is 0 Å². The summed E-state index contributed by atoms with van der Waals surface area (Å²) in [5.74, 6) is -0.119. The fourth-order valence-electron chi connectivity index (χ4n) is 1.81. The summed E-state index contributed by atoms with van der Waals surface area (Å²) in [7, 11) is 0. The van der Waals surface area contributed by atoms with E-state index >= 15 is 0 Å². The molecular weight excluding hydrogens is 202 g/mol. The first-order valence-electron chi connectivity index (χ1n) is 5.39. The van der Waals surface area contributed by atoms with Crippen LogP contribution in [0.3, 0.4) is 0 Å². The second-order valence-electron chi connectivity index (χ2n) is 3.72. The molecule has 0 saturated carbocycles. The van der Waals surface area contributed by atoms with Gasteiger partial charge in [-0.05, 0) is 5.56 Å². The molecular formula is C12H15N3O. The third-order valence-corrected chi connectivity index (χ3v) is 2.64. The molecule has 4 nitrogen and oxygen atoms in total. The van der Waals surface area contributed by atoms with E-state index in [4.69, 9.17) is 5.73 Å². The largest absolute Gasteiger partial charge is 0.355 e. The van der Waals surface area contributed by atoms with E-state index in [0.717, 1.165) is 18.7 Å². The van der Waals surface area contributed by atoms with Crippen molar-refractivity contribution in [3.8, 4) is 0 Å². The van der Waals surface area contributed by atoms with Crippen LogP contribution in [0.25, 0.3) is 0 Å². The second-order valence-corrected chi connectivity index (χ2v) is 3.72. The number of fused-ring (bicyclic) bond motifs is 1. The van der Waals surface area contributed by atoms with Gasteiger partial charge in [-0.25, -0.2) is 0 Å². The molecule has 1 aromatic carbocycles. The summed E-state index contributed by atoms with van der Waals surface area (Å²) in [6, 6.07) is 8.20. The lowest BCUT2D eigenvalue weighted by atomic mass is 10.0. The Kier molecular flexibility index (Phi) is 3.31. The predicted molar refractivity (Wildman–Crippen MR) is 63.4 cm³/mol. The molecule has 4 heteroatoms. The molecule has 0 atom stereocenters. The Bertz CT molecular complexity index is 426. The molecule has 0 unspecified atom stereocenters. The summed E-state index contributed by atoms with van der Waals surface area (Å²) >= 11 is 0. The lowest BCUT2D eigenvalue weighted by molar-refractivity contribution is -0.119. The second kappa shape index (κ2) is 4.90. The Balaban J connectivity index is 1.91. The Morgan fingerprint density at radius 1 is 1.44 bits per heavy atom. The molecule has 0 aromatic heterocycles. The van der Waals surface area contributed by atoms with E-state index in [1.807, 2.05) is 12.1 Å². The highest BCUT2D eigenvalue weighted by Gasteiger charge is 2.14. The van der Waals surface area contributed by atoms with Crippen molar-refractivity contribution < 1.29 is 4.79 Å². The molecule has 1 aliphatic rings. The molecule has 84 valence electrons. The average molecular weight is 217 g/mol. The number of benzene rings is 1. The van der Waals surface area contributed by atoms with E-state index in [2.05, 4.69) is 22.4 Å². The maximum absolute atomic E-state index is 11.0. The van der Waals surface area contributed by atoms with Gasteiger partial charge in [-0.1, -0.05) is 24.3 Å². The van der Waals surface area contributed by atoms with Crippen LogP contribution in [0, 0.1) is 0 Å².